The molecule has 0 bridgehead atoms. The second kappa shape index (κ2) is 5.02. The van der Waals surface area contributed by atoms with Crippen LogP contribution in [0.5, 0.6) is 0 Å². The van der Waals surface area contributed by atoms with Crippen molar-refractivity contribution in [2.75, 3.05) is 17.1 Å². The standard InChI is InChI=1S/C11H11ClN4O2S/c1-16(10-4-2-3-5-14-10)19(17,18)8-6-9(12)11(13)15-7-8/h2-7H,1H3,(H2,13,15). The van der Waals surface area contributed by atoms with Gasteiger partial charge in [-0.1, -0.05) is 17.7 Å². The molecule has 0 saturated carbocycles. The maximum absolute atomic E-state index is 12.3. The summed E-state index contributed by atoms with van der Waals surface area (Å²) in [7, 11) is -2.36. The lowest BCUT2D eigenvalue weighted by molar-refractivity contribution is 0.593. The summed E-state index contributed by atoms with van der Waals surface area (Å²) in [6.07, 6.45) is 2.67. The van der Waals surface area contributed by atoms with E-state index < -0.39 is 10.0 Å². The van der Waals surface area contributed by atoms with Crippen molar-refractivity contribution >= 4 is 33.3 Å². The third kappa shape index (κ3) is 2.61. The molecular formula is C11H11ClN4O2S. The summed E-state index contributed by atoms with van der Waals surface area (Å²) in [6.45, 7) is 0. The SMILES string of the molecule is CN(c1ccccn1)S(=O)(=O)c1cnc(N)c(Cl)c1. The third-order valence-electron chi connectivity index (χ3n) is 2.47. The Hall–Kier alpha value is -1.86. The summed E-state index contributed by atoms with van der Waals surface area (Å²) < 4.78 is 25.7. The third-order valence-corrected chi connectivity index (χ3v) is 4.50. The van der Waals surface area contributed by atoms with Crippen LogP contribution in [-0.2, 0) is 10.0 Å². The van der Waals surface area contributed by atoms with Gasteiger partial charge in [-0.05, 0) is 18.2 Å². The predicted molar refractivity (Wildman–Crippen MR) is 73.5 cm³/mol. The highest BCUT2D eigenvalue weighted by atomic mass is 35.5. The van der Waals surface area contributed by atoms with E-state index in [4.69, 9.17) is 17.3 Å². The summed E-state index contributed by atoms with van der Waals surface area (Å²) in [6, 6.07) is 6.25. The fourth-order valence-corrected chi connectivity index (χ4v) is 2.75. The molecule has 0 atom stereocenters. The van der Waals surface area contributed by atoms with Crippen LogP contribution in [0.1, 0.15) is 0 Å². The Balaban J connectivity index is 2.45. The molecule has 2 rings (SSSR count). The van der Waals surface area contributed by atoms with E-state index >= 15 is 0 Å². The molecule has 0 fully saturated rings. The molecule has 6 nitrogen and oxygen atoms in total. The van der Waals surface area contributed by atoms with Crippen molar-refractivity contribution in [2.45, 2.75) is 4.90 Å². The molecule has 0 unspecified atom stereocenters. The minimum absolute atomic E-state index is 0.0418. The van der Waals surface area contributed by atoms with Crippen LogP contribution in [0, 0.1) is 0 Å². The van der Waals surface area contributed by atoms with E-state index in [1.807, 2.05) is 0 Å². The molecule has 0 aliphatic heterocycles. The van der Waals surface area contributed by atoms with Crippen LogP contribution < -0.4 is 10.0 Å². The first-order chi connectivity index (χ1) is 8.93. The van der Waals surface area contributed by atoms with E-state index in [1.54, 1.807) is 18.2 Å². The fraction of sp³-hybridized carbons (Fsp3) is 0.0909. The van der Waals surface area contributed by atoms with Crippen molar-refractivity contribution in [3.05, 3.63) is 41.7 Å². The molecule has 0 aliphatic carbocycles. The highest BCUT2D eigenvalue weighted by Gasteiger charge is 2.23. The molecule has 2 aromatic rings. The molecule has 2 heterocycles. The number of hydrogen-bond acceptors (Lipinski definition) is 5. The minimum atomic E-state index is -3.76. The van der Waals surface area contributed by atoms with Gasteiger partial charge < -0.3 is 5.73 Å². The Morgan fingerprint density at radius 3 is 2.63 bits per heavy atom. The van der Waals surface area contributed by atoms with Crippen LogP contribution in [-0.4, -0.2) is 25.4 Å². The molecule has 100 valence electrons. The normalized spacial score (nSPS) is 11.3. The van der Waals surface area contributed by atoms with Gasteiger partial charge in [0.15, 0.2) is 0 Å². The number of sulfonamides is 1. The second-order valence-corrected chi connectivity index (χ2v) is 6.08. The van der Waals surface area contributed by atoms with Crippen molar-refractivity contribution in [3.63, 3.8) is 0 Å². The van der Waals surface area contributed by atoms with E-state index in [1.165, 1.54) is 19.3 Å². The van der Waals surface area contributed by atoms with E-state index in [9.17, 15) is 8.42 Å². The van der Waals surface area contributed by atoms with Gasteiger partial charge in [-0.2, -0.15) is 0 Å². The average molecular weight is 299 g/mol. The zero-order chi connectivity index (χ0) is 14.0. The average Bonchev–Trinajstić information content (AvgIpc) is 2.41. The number of nitrogen functional groups attached to an aromatic ring is 1. The maximum atomic E-state index is 12.3. The number of nitrogens with zero attached hydrogens (tertiary/aromatic N) is 3. The molecule has 2 N–H and O–H groups in total. The Morgan fingerprint density at radius 1 is 1.32 bits per heavy atom. The zero-order valence-electron chi connectivity index (χ0n) is 9.99. The summed E-state index contributed by atoms with van der Waals surface area (Å²) in [4.78, 5) is 7.68. The minimum Gasteiger partial charge on any atom is -0.382 e. The Labute approximate surface area is 115 Å². The van der Waals surface area contributed by atoms with Crippen molar-refractivity contribution in [1.29, 1.82) is 0 Å². The van der Waals surface area contributed by atoms with E-state index in [-0.39, 0.29) is 15.7 Å². The smallest absolute Gasteiger partial charge is 0.266 e. The van der Waals surface area contributed by atoms with E-state index in [2.05, 4.69) is 9.97 Å². The Kier molecular flexibility index (Phi) is 3.59. The van der Waals surface area contributed by atoms with Gasteiger partial charge in [0, 0.05) is 19.4 Å². The first-order valence-electron chi connectivity index (χ1n) is 5.24. The second-order valence-electron chi connectivity index (χ2n) is 3.70. The summed E-state index contributed by atoms with van der Waals surface area (Å²) in [5, 5.41) is 0.0931. The highest BCUT2D eigenvalue weighted by Crippen LogP contribution is 2.24. The predicted octanol–water partition coefficient (Wildman–Crippen LogP) is 1.54. The van der Waals surface area contributed by atoms with Crippen molar-refractivity contribution < 1.29 is 8.42 Å². The molecule has 0 spiro atoms. The Bertz CT molecular complexity index is 691. The number of rotatable bonds is 3. The summed E-state index contributed by atoms with van der Waals surface area (Å²) in [5.41, 5.74) is 5.46. The molecule has 0 aromatic carbocycles. The topological polar surface area (TPSA) is 89.2 Å². The number of aromatic nitrogens is 2. The number of halogens is 1. The van der Waals surface area contributed by atoms with E-state index in [0.717, 1.165) is 10.5 Å². The van der Waals surface area contributed by atoms with Crippen LogP contribution in [0.4, 0.5) is 11.6 Å². The fourth-order valence-electron chi connectivity index (χ4n) is 1.39. The van der Waals surface area contributed by atoms with Gasteiger partial charge in [0.1, 0.15) is 16.5 Å². The van der Waals surface area contributed by atoms with Gasteiger partial charge in [0.25, 0.3) is 10.0 Å². The lowest BCUT2D eigenvalue weighted by Gasteiger charge is -2.18. The van der Waals surface area contributed by atoms with Crippen molar-refractivity contribution in [3.8, 4) is 0 Å². The van der Waals surface area contributed by atoms with Crippen LogP contribution in [0.2, 0.25) is 5.02 Å². The number of pyridine rings is 2. The number of nitrogens with two attached hydrogens (primary N) is 1. The number of anilines is 2. The highest BCUT2D eigenvalue weighted by molar-refractivity contribution is 7.92. The van der Waals surface area contributed by atoms with Crippen molar-refractivity contribution in [1.82, 2.24) is 9.97 Å². The largest absolute Gasteiger partial charge is 0.382 e. The van der Waals surface area contributed by atoms with Gasteiger partial charge in [-0.15, -0.1) is 0 Å². The summed E-state index contributed by atoms with van der Waals surface area (Å²) in [5.74, 6) is 0.386. The van der Waals surface area contributed by atoms with Crippen molar-refractivity contribution in [2.24, 2.45) is 0 Å². The lowest BCUT2D eigenvalue weighted by atomic mass is 10.5. The molecular weight excluding hydrogens is 288 g/mol. The maximum Gasteiger partial charge on any atom is 0.266 e. The molecule has 2 aromatic heterocycles. The van der Waals surface area contributed by atoms with Crippen LogP contribution in [0.3, 0.4) is 0 Å². The molecule has 0 aliphatic rings. The molecule has 19 heavy (non-hydrogen) atoms. The molecule has 0 radical (unpaired) electrons. The van der Waals surface area contributed by atoms with Gasteiger partial charge in [-0.25, -0.2) is 18.4 Å². The van der Waals surface area contributed by atoms with Gasteiger partial charge >= 0.3 is 0 Å². The Morgan fingerprint density at radius 2 is 2.05 bits per heavy atom. The van der Waals surface area contributed by atoms with Crippen LogP contribution in [0.25, 0.3) is 0 Å². The first kappa shape index (κ1) is 13.6. The molecule has 0 amide bonds. The van der Waals surface area contributed by atoms with Gasteiger partial charge in [0.2, 0.25) is 0 Å². The zero-order valence-corrected chi connectivity index (χ0v) is 11.6. The molecule has 8 heteroatoms. The van der Waals surface area contributed by atoms with Gasteiger partial charge in [0.05, 0.1) is 5.02 Å². The summed E-state index contributed by atoms with van der Waals surface area (Å²) >= 11 is 5.78. The lowest BCUT2D eigenvalue weighted by Crippen LogP contribution is -2.27. The molecule has 0 saturated heterocycles. The van der Waals surface area contributed by atoms with Crippen LogP contribution in [0.15, 0.2) is 41.6 Å². The quantitative estimate of drug-likeness (QED) is 0.928. The number of hydrogen-bond donors (Lipinski definition) is 1. The first-order valence-corrected chi connectivity index (χ1v) is 7.05. The monoisotopic (exact) mass is 298 g/mol. The van der Waals surface area contributed by atoms with E-state index in [0.29, 0.717) is 5.82 Å². The van der Waals surface area contributed by atoms with Gasteiger partial charge in [-0.3, -0.25) is 4.31 Å². The van der Waals surface area contributed by atoms with Crippen LogP contribution >= 0.6 is 11.6 Å².